The molecule has 1 saturated carbocycles. The molecule has 0 spiro atoms. The maximum Gasteiger partial charge on any atom is 0.391 e. The van der Waals surface area contributed by atoms with Crippen LogP contribution in [0.15, 0.2) is 0 Å². The lowest BCUT2D eigenvalue weighted by molar-refractivity contribution is -0.185. The number of nitrogens with zero attached hydrogens (tertiary/aromatic N) is 1. The van der Waals surface area contributed by atoms with Crippen LogP contribution in [0.25, 0.3) is 0 Å². The highest BCUT2D eigenvalue weighted by molar-refractivity contribution is 4.77. The molecule has 118 valence electrons. The molecule has 0 amide bonds. The Morgan fingerprint density at radius 3 is 2.20 bits per heavy atom. The molecule has 1 saturated heterocycles. The monoisotopic (exact) mass is 292 g/mol. The highest BCUT2D eigenvalue weighted by atomic mass is 19.4. The number of halogens is 3. The van der Waals surface area contributed by atoms with Crippen LogP contribution in [0.1, 0.15) is 51.4 Å². The summed E-state index contributed by atoms with van der Waals surface area (Å²) in [5, 5.41) is 3.59. The quantitative estimate of drug-likeness (QED) is 0.779. The molecule has 1 aliphatic carbocycles. The molecule has 2 rings (SSSR count). The van der Waals surface area contributed by atoms with E-state index in [2.05, 4.69) is 10.2 Å². The summed E-state index contributed by atoms with van der Waals surface area (Å²) in [6.45, 7) is 3.15. The second kappa shape index (κ2) is 7.64. The lowest BCUT2D eigenvalue weighted by Crippen LogP contribution is -2.40. The second-order valence-electron chi connectivity index (χ2n) is 6.30. The van der Waals surface area contributed by atoms with Gasteiger partial charge in [0.15, 0.2) is 0 Å². The Morgan fingerprint density at radius 1 is 0.950 bits per heavy atom. The minimum absolute atomic E-state index is 0.277. The van der Waals surface area contributed by atoms with Gasteiger partial charge in [-0.25, -0.2) is 0 Å². The Bertz CT molecular complexity index is 267. The van der Waals surface area contributed by atoms with Crippen molar-refractivity contribution in [3.8, 4) is 0 Å². The molecule has 0 aromatic rings. The fraction of sp³-hybridized carbons (Fsp3) is 1.00. The molecule has 0 aromatic carbocycles. The average Bonchev–Trinajstić information content (AvgIpc) is 2.44. The minimum Gasteiger partial charge on any atom is -0.314 e. The first-order valence-corrected chi connectivity index (χ1v) is 8.08. The molecule has 0 radical (unpaired) electrons. The van der Waals surface area contributed by atoms with E-state index >= 15 is 0 Å². The van der Waals surface area contributed by atoms with E-state index in [0.29, 0.717) is 19.1 Å². The van der Waals surface area contributed by atoms with Gasteiger partial charge in [-0.1, -0.05) is 19.3 Å². The number of alkyl halides is 3. The molecule has 2 nitrogen and oxygen atoms in total. The lowest BCUT2D eigenvalue weighted by atomic mass is 9.95. The first-order chi connectivity index (χ1) is 9.55. The van der Waals surface area contributed by atoms with Crippen molar-refractivity contribution in [1.82, 2.24) is 10.2 Å². The third kappa shape index (κ3) is 5.24. The molecule has 1 aliphatic heterocycles. The Labute approximate surface area is 120 Å². The van der Waals surface area contributed by atoms with Crippen LogP contribution in [0.5, 0.6) is 0 Å². The third-order valence-corrected chi connectivity index (χ3v) is 4.74. The van der Waals surface area contributed by atoms with Crippen LogP contribution in [0.2, 0.25) is 0 Å². The zero-order valence-corrected chi connectivity index (χ0v) is 12.2. The van der Waals surface area contributed by atoms with Crippen LogP contribution in [0.3, 0.4) is 0 Å². The summed E-state index contributed by atoms with van der Waals surface area (Å²) in [5.74, 6) is -1.07. The Kier molecular flexibility index (Phi) is 6.15. The van der Waals surface area contributed by atoms with Gasteiger partial charge in [-0.2, -0.15) is 13.2 Å². The van der Waals surface area contributed by atoms with Gasteiger partial charge in [-0.3, -0.25) is 0 Å². The van der Waals surface area contributed by atoms with E-state index in [4.69, 9.17) is 0 Å². The molecule has 20 heavy (non-hydrogen) atoms. The van der Waals surface area contributed by atoms with Crippen molar-refractivity contribution in [1.29, 1.82) is 0 Å². The number of rotatable bonds is 5. The van der Waals surface area contributed by atoms with Crippen LogP contribution < -0.4 is 5.32 Å². The predicted molar refractivity (Wildman–Crippen MR) is 74.7 cm³/mol. The molecule has 2 fully saturated rings. The van der Waals surface area contributed by atoms with E-state index in [0.717, 1.165) is 19.5 Å². The van der Waals surface area contributed by atoms with Gasteiger partial charge in [0, 0.05) is 6.04 Å². The zero-order chi connectivity index (χ0) is 14.4. The summed E-state index contributed by atoms with van der Waals surface area (Å²) in [6, 6.07) is 0.680. The summed E-state index contributed by atoms with van der Waals surface area (Å²) in [4.78, 5) is 2.19. The molecule has 1 N–H and O–H groups in total. The van der Waals surface area contributed by atoms with Gasteiger partial charge in [-0.15, -0.1) is 0 Å². The fourth-order valence-electron chi connectivity index (χ4n) is 3.40. The van der Waals surface area contributed by atoms with Crippen molar-refractivity contribution in [2.45, 2.75) is 63.6 Å². The molecule has 0 bridgehead atoms. The first kappa shape index (κ1) is 16.1. The third-order valence-electron chi connectivity index (χ3n) is 4.74. The summed E-state index contributed by atoms with van der Waals surface area (Å²) in [5.41, 5.74) is 0. The molecule has 0 unspecified atom stereocenters. The Balaban J connectivity index is 1.53. The van der Waals surface area contributed by atoms with Gasteiger partial charge in [-0.05, 0) is 58.3 Å². The highest BCUT2D eigenvalue weighted by Crippen LogP contribution is 2.33. The SMILES string of the molecule is FC(F)(F)C1CCN(CCCNC2CCCCC2)CC1. The van der Waals surface area contributed by atoms with Gasteiger partial charge >= 0.3 is 6.18 Å². The lowest BCUT2D eigenvalue weighted by Gasteiger charge is -2.33. The molecule has 0 atom stereocenters. The molecular formula is C15H27F3N2. The molecule has 0 aromatic heterocycles. The number of piperidine rings is 1. The predicted octanol–water partition coefficient (Wildman–Crippen LogP) is 3.57. The smallest absolute Gasteiger partial charge is 0.314 e. The van der Waals surface area contributed by atoms with E-state index in [9.17, 15) is 13.2 Å². The van der Waals surface area contributed by atoms with Crippen LogP contribution in [-0.2, 0) is 0 Å². The maximum absolute atomic E-state index is 12.6. The van der Waals surface area contributed by atoms with Crippen LogP contribution in [-0.4, -0.2) is 43.3 Å². The Morgan fingerprint density at radius 2 is 1.60 bits per heavy atom. The topological polar surface area (TPSA) is 15.3 Å². The Hall–Kier alpha value is -0.290. The zero-order valence-electron chi connectivity index (χ0n) is 12.2. The van der Waals surface area contributed by atoms with Crippen molar-refractivity contribution >= 4 is 0 Å². The molecule has 2 aliphatic rings. The molecular weight excluding hydrogens is 265 g/mol. The van der Waals surface area contributed by atoms with Gasteiger partial charge in [0.25, 0.3) is 0 Å². The van der Waals surface area contributed by atoms with Gasteiger partial charge in [0.2, 0.25) is 0 Å². The number of hydrogen-bond acceptors (Lipinski definition) is 2. The van der Waals surface area contributed by atoms with Gasteiger partial charge in [0.1, 0.15) is 0 Å². The second-order valence-corrected chi connectivity index (χ2v) is 6.30. The maximum atomic E-state index is 12.6. The van der Waals surface area contributed by atoms with Crippen molar-refractivity contribution < 1.29 is 13.2 Å². The summed E-state index contributed by atoms with van der Waals surface area (Å²) in [6.07, 6.45) is 4.23. The normalized spacial score (nSPS) is 24.1. The average molecular weight is 292 g/mol. The van der Waals surface area contributed by atoms with Crippen LogP contribution in [0.4, 0.5) is 13.2 Å². The molecule has 5 heteroatoms. The number of nitrogens with one attached hydrogen (secondary N) is 1. The summed E-state index contributed by atoms with van der Waals surface area (Å²) < 4.78 is 37.7. The number of hydrogen-bond donors (Lipinski definition) is 1. The van der Waals surface area contributed by atoms with Gasteiger partial charge < -0.3 is 10.2 Å². The van der Waals surface area contributed by atoms with E-state index in [1.807, 2.05) is 0 Å². The number of likely N-dealkylation sites (tertiary alicyclic amines) is 1. The minimum atomic E-state index is -3.99. The fourth-order valence-corrected chi connectivity index (χ4v) is 3.40. The van der Waals surface area contributed by atoms with Crippen molar-refractivity contribution in [3.05, 3.63) is 0 Å². The summed E-state index contributed by atoms with van der Waals surface area (Å²) in [7, 11) is 0. The van der Waals surface area contributed by atoms with E-state index in [1.54, 1.807) is 0 Å². The van der Waals surface area contributed by atoms with E-state index in [-0.39, 0.29) is 12.8 Å². The van der Waals surface area contributed by atoms with E-state index in [1.165, 1.54) is 32.1 Å². The summed E-state index contributed by atoms with van der Waals surface area (Å²) >= 11 is 0. The van der Waals surface area contributed by atoms with E-state index < -0.39 is 12.1 Å². The van der Waals surface area contributed by atoms with Gasteiger partial charge in [0.05, 0.1) is 5.92 Å². The standard InChI is InChI=1S/C15H27F3N2/c16-15(17,18)13-7-11-20(12-8-13)10-4-9-19-14-5-2-1-3-6-14/h13-14,19H,1-12H2. The van der Waals surface area contributed by atoms with Crippen molar-refractivity contribution in [3.63, 3.8) is 0 Å². The van der Waals surface area contributed by atoms with Crippen LogP contribution >= 0.6 is 0 Å². The first-order valence-electron chi connectivity index (χ1n) is 8.08. The van der Waals surface area contributed by atoms with Crippen LogP contribution in [0, 0.1) is 5.92 Å². The largest absolute Gasteiger partial charge is 0.391 e. The highest BCUT2D eigenvalue weighted by Gasteiger charge is 2.40. The molecule has 1 heterocycles. The van der Waals surface area contributed by atoms with Crippen molar-refractivity contribution in [2.24, 2.45) is 5.92 Å². The van der Waals surface area contributed by atoms with Crippen molar-refractivity contribution in [2.75, 3.05) is 26.2 Å².